The molecule has 0 bridgehead atoms. The van der Waals surface area contributed by atoms with Crippen molar-refractivity contribution in [2.45, 2.75) is 18.9 Å². The molecule has 1 aliphatic rings. The molecule has 0 atom stereocenters. The van der Waals surface area contributed by atoms with Crippen LogP contribution >= 0.6 is 0 Å². The molecule has 0 saturated heterocycles. The molecule has 68 valence electrons. The molecular formula is C11H8N2O. The number of hydrogen-bond acceptors (Lipinski definition) is 3. The summed E-state index contributed by atoms with van der Waals surface area (Å²) < 4.78 is 5.51. The van der Waals surface area contributed by atoms with Crippen molar-refractivity contribution in [3.05, 3.63) is 29.3 Å². The first-order chi connectivity index (χ1) is 6.83. The lowest BCUT2D eigenvalue weighted by Gasteiger charge is -2.05. The van der Waals surface area contributed by atoms with Gasteiger partial charge in [-0.05, 0) is 31.0 Å². The van der Waals surface area contributed by atoms with Gasteiger partial charge in [-0.25, -0.2) is 0 Å². The topological polar surface area (TPSA) is 56.8 Å². The van der Waals surface area contributed by atoms with Gasteiger partial charge in [-0.2, -0.15) is 10.5 Å². The summed E-state index contributed by atoms with van der Waals surface area (Å²) in [6, 6.07) is 8.93. The van der Waals surface area contributed by atoms with Gasteiger partial charge in [0.05, 0.1) is 23.3 Å². The van der Waals surface area contributed by atoms with Crippen LogP contribution in [0.3, 0.4) is 0 Å². The molecule has 14 heavy (non-hydrogen) atoms. The second-order valence-electron chi connectivity index (χ2n) is 3.25. The van der Waals surface area contributed by atoms with Gasteiger partial charge < -0.3 is 4.74 Å². The maximum Gasteiger partial charge on any atom is 0.137 e. The van der Waals surface area contributed by atoms with Crippen LogP contribution in [-0.2, 0) is 0 Å². The fourth-order valence-electron chi connectivity index (χ4n) is 1.16. The van der Waals surface area contributed by atoms with Crippen molar-refractivity contribution in [2.24, 2.45) is 0 Å². The third-order valence-corrected chi connectivity index (χ3v) is 2.05. The van der Waals surface area contributed by atoms with Gasteiger partial charge in [0.15, 0.2) is 0 Å². The van der Waals surface area contributed by atoms with Crippen LogP contribution in [0.5, 0.6) is 5.75 Å². The predicted octanol–water partition coefficient (Wildman–Crippen LogP) is 1.97. The minimum Gasteiger partial charge on any atom is -0.489 e. The summed E-state index contributed by atoms with van der Waals surface area (Å²) in [4.78, 5) is 0. The van der Waals surface area contributed by atoms with E-state index in [0.29, 0.717) is 16.9 Å². The maximum absolute atomic E-state index is 8.83. The van der Waals surface area contributed by atoms with E-state index in [1.807, 2.05) is 12.1 Å². The summed E-state index contributed by atoms with van der Waals surface area (Å²) in [6.45, 7) is 0. The second-order valence-corrected chi connectivity index (χ2v) is 3.25. The number of hydrogen-bond donors (Lipinski definition) is 0. The number of ether oxygens (including phenoxy) is 1. The van der Waals surface area contributed by atoms with Gasteiger partial charge in [0.1, 0.15) is 11.8 Å². The van der Waals surface area contributed by atoms with E-state index in [0.717, 1.165) is 12.8 Å². The fourth-order valence-corrected chi connectivity index (χ4v) is 1.16. The monoisotopic (exact) mass is 184 g/mol. The molecule has 1 aliphatic carbocycles. The van der Waals surface area contributed by atoms with Crippen LogP contribution in [0.4, 0.5) is 0 Å². The van der Waals surface area contributed by atoms with Crippen molar-refractivity contribution < 1.29 is 4.74 Å². The van der Waals surface area contributed by atoms with Crippen molar-refractivity contribution in [1.82, 2.24) is 0 Å². The lowest BCUT2D eigenvalue weighted by molar-refractivity contribution is 0.302. The van der Waals surface area contributed by atoms with Crippen molar-refractivity contribution in [3.63, 3.8) is 0 Å². The minimum atomic E-state index is 0.273. The largest absolute Gasteiger partial charge is 0.489 e. The van der Waals surface area contributed by atoms with E-state index in [-0.39, 0.29) is 6.10 Å². The molecule has 1 aromatic rings. The Balaban J connectivity index is 2.31. The molecule has 0 N–H and O–H groups in total. The molecule has 1 aromatic carbocycles. The molecule has 0 unspecified atom stereocenters. The third-order valence-electron chi connectivity index (χ3n) is 2.05. The molecule has 0 aliphatic heterocycles. The van der Waals surface area contributed by atoms with E-state index in [4.69, 9.17) is 15.3 Å². The van der Waals surface area contributed by atoms with Crippen LogP contribution in [0.25, 0.3) is 0 Å². The normalized spacial score (nSPS) is 14.1. The minimum absolute atomic E-state index is 0.273. The fraction of sp³-hybridized carbons (Fsp3) is 0.273. The first kappa shape index (κ1) is 8.59. The van der Waals surface area contributed by atoms with E-state index in [1.54, 1.807) is 18.2 Å². The highest BCUT2D eigenvalue weighted by Crippen LogP contribution is 2.29. The van der Waals surface area contributed by atoms with Crippen molar-refractivity contribution in [3.8, 4) is 17.9 Å². The molecule has 0 heterocycles. The van der Waals surface area contributed by atoms with Gasteiger partial charge >= 0.3 is 0 Å². The summed E-state index contributed by atoms with van der Waals surface area (Å²) in [6.07, 6.45) is 2.39. The lowest BCUT2D eigenvalue weighted by atomic mass is 10.1. The lowest BCUT2D eigenvalue weighted by Crippen LogP contribution is -1.98. The molecular weight excluding hydrogens is 176 g/mol. The van der Waals surface area contributed by atoms with Crippen molar-refractivity contribution >= 4 is 0 Å². The predicted molar refractivity (Wildman–Crippen MR) is 49.5 cm³/mol. The zero-order chi connectivity index (χ0) is 9.97. The summed E-state index contributed by atoms with van der Waals surface area (Å²) in [5.74, 6) is 0.592. The number of benzene rings is 1. The van der Waals surface area contributed by atoms with Crippen LogP contribution in [0.15, 0.2) is 18.2 Å². The highest BCUT2D eigenvalue weighted by molar-refractivity contribution is 5.48. The van der Waals surface area contributed by atoms with E-state index in [2.05, 4.69) is 0 Å². The van der Waals surface area contributed by atoms with Gasteiger partial charge in [-0.1, -0.05) is 0 Å². The molecule has 0 spiro atoms. The molecule has 2 rings (SSSR count). The highest BCUT2D eigenvalue weighted by Gasteiger charge is 2.24. The van der Waals surface area contributed by atoms with Crippen LogP contribution in [-0.4, -0.2) is 6.10 Å². The van der Waals surface area contributed by atoms with Crippen LogP contribution in [0.2, 0.25) is 0 Å². The van der Waals surface area contributed by atoms with Gasteiger partial charge in [0.2, 0.25) is 0 Å². The van der Waals surface area contributed by atoms with E-state index < -0.39 is 0 Å². The maximum atomic E-state index is 8.83. The SMILES string of the molecule is N#Cc1ccc(OC2CC2)c(C#N)c1. The molecule has 3 nitrogen and oxygen atoms in total. The van der Waals surface area contributed by atoms with Gasteiger partial charge in [0.25, 0.3) is 0 Å². The summed E-state index contributed by atoms with van der Waals surface area (Å²) in [5, 5.41) is 17.5. The first-order valence-corrected chi connectivity index (χ1v) is 4.44. The van der Waals surface area contributed by atoms with E-state index >= 15 is 0 Å². The summed E-state index contributed by atoms with van der Waals surface area (Å²) >= 11 is 0. The Morgan fingerprint density at radius 2 is 2.00 bits per heavy atom. The quantitative estimate of drug-likeness (QED) is 0.706. The number of nitriles is 2. The number of nitrogens with zero attached hydrogens (tertiary/aromatic N) is 2. The Bertz CT molecular complexity index is 436. The third kappa shape index (κ3) is 1.67. The zero-order valence-corrected chi connectivity index (χ0v) is 7.53. The number of rotatable bonds is 2. The molecule has 3 heteroatoms. The highest BCUT2D eigenvalue weighted by atomic mass is 16.5. The Hall–Kier alpha value is -2.00. The van der Waals surface area contributed by atoms with E-state index in [1.165, 1.54) is 0 Å². The summed E-state index contributed by atoms with van der Waals surface area (Å²) in [7, 11) is 0. The first-order valence-electron chi connectivity index (χ1n) is 4.44. The zero-order valence-electron chi connectivity index (χ0n) is 7.53. The van der Waals surface area contributed by atoms with Gasteiger partial charge in [0, 0.05) is 0 Å². The average molecular weight is 184 g/mol. The molecule has 1 fully saturated rings. The molecule has 1 saturated carbocycles. The Morgan fingerprint density at radius 3 is 2.57 bits per heavy atom. The van der Waals surface area contributed by atoms with Crippen LogP contribution in [0.1, 0.15) is 24.0 Å². The molecule has 0 radical (unpaired) electrons. The van der Waals surface area contributed by atoms with Gasteiger partial charge in [-0.3, -0.25) is 0 Å². The van der Waals surface area contributed by atoms with Gasteiger partial charge in [-0.15, -0.1) is 0 Å². The standard InChI is InChI=1S/C11H8N2O/c12-6-8-1-4-11(9(5-8)7-13)14-10-2-3-10/h1,4-5,10H,2-3H2. The average Bonchev–Trinajstić information content (AvgIpc) is 3.02. The van der Waals surface area contributed by atoms with Crippen LogP contribution in [0, 0.1) is 22.7 Å². The Kier molecular flexibility index (Phi) is 2.08. The van der Waals surface area contributed by atoms with E-state index in [9.17, 15) is 0 Å². The molecule has 0 amide bonds. The van der Waals surface area contributed by atoms with Crippen molar-refractivity contribution in [2.75, 3.05) is 0 Å². The smallest absolute Gasteiger partial charge is 0.137 e. The molecule has 0 aromatic heterocycles. The Labute approximate surface area is 82.1 Å². The Morgan fingerprint density at radius 1 is 1.21 bits per heavy atom. The summed E-state index contributed by atoms with van der Waals surface area (Å²) in [5.41, 5.74) is 0.931. The van der Waals surface area contributed by atoms with Crippen LogP contribution < -0.4 is 4.74 Å². The van der Waals surface area contributed by atoms with Crippen molar-refractivity contribution in [1.29, 1.82) is 10.5 Å². The second kappa shape index (κ2) is 3.40.